The fourth-order valence-corrected chi connectivity index (χ4v) is 3.46. The minimum atomic E-state index is -3.78. The molecule has 4 nitrogen and oxygen atoms in total. The van der Waals surface area contributed by atoms with Crippen molar-refractivity contribution in [1.82, 2.24) is 0 Å². The minimum Gasteiger partial charge on any atom is -0.495 e. The lowest BCUT2D eigenvalue weighted by Gasteiger charge is -2.14. The van der Waals surface area contributed by atoms with Crippen molar-refractivity contribution in [2.45, 2.75) is 18.7 Å². The number of sulfonamides is 1. The predicted octanol–water partition coefficient (Wildman–Crippen LogP) is 3.77. The van der Waals surface area contributed by atoms with Crippen LogP contribution in [0.5, 0.6) is 5.75 Å². The van der Waals surface area contributed by atoms with Gasteiger partial charge in [-0.05, 0) is 49.2 Å². The number of halogens is 1. The van der Waals surface area contributed by atoms with Crippen LogP contribution in [0.4, 0.5) is 5.69 Å². The molecule has 1 N–H and O–H groups in total. The zero-order chi connectivity index (χ0) is 15.6. The molecule has 0 aromatic heterocycles. The Kier molecular flexibility index (Phi) is 4.44. The molecule has 0 saturated carbocycles. The van der Waals surface area contributed by atoms with Crippen LogP contribution < -0.4 is 9.46 Å². The van der Waals surface area contributed by atoms with Gasteiger partial charge in [-0.1, -0.05) is 23.7 Å². The van der Waals surface area contributed by atoms with Crippen LogP contribution in [0, 0.1) is 13.8 Å². The number of hydrogen-bond donors (Lipinski definition) is 1. The van der Waals surface area contributed by atoms with Crippen molar-refractivity contribution in [1.29, 1.82) is 0 Å². The van der Waals surface area contributed by atoms with Crippen LogP contribution >= 0.6 is 11.6 Å². The van der Waals surface area contributed by atoms with E-state index >= 15 is 0 Å². The van der Waals surface area contributed by atoms with Crippen LogP contribution in [0.1, 0.15) is 11.1 Å². The van der Waals surface area contributed by atoms with Crippen LogP contribution in [-0.4, -0.2) is 15.5 Å². The molecule has 0 aliphatic rings. The number of nitrogens with one attached hydrogen (secondary N) is 1. The van der Waals surface area contributed by atoms with E-state index in [1.807, 2.05) is 26.0 Å². The second kappa shape index (κ2) is 5.95. The summed E-state index contributed by atoms with van der Waals surface area (Å²) in [4.78, 5) is 0.0124. The summed E-state index contributed by atoms with van der Waals surface area (Å²) in [6.07, 6.45) is 0. The van der Waals surface area contributed by atoms with Gasteiger partial charge in [0, 0.05) is 5.02 Å². The van der Waals surface area contributed by atoms with Crippen molar-refractivity contribution in [3.63, 3.8) is 0 Å². The van der Waals surface area contributed by atoms with Gasteiger partial charge in [-0.2, -0.15) is 0 Å². The van der Waals surface area contributed by atoms with Crippen molar-refractivity contribution in [2.24, 2.45) is 0 Å². The van der Waals surface area contributed by atoms with E-state index in [0.29, 0.717) is 10.7 Å². The van der Waals surface area contributed by atoms with Gasteiger partial charge in [0.05, 0.1) is 12.8 Å². The Morgan fingerprint density at radius 1 is 1.10 bits per heavy atom. The summed E-state index contributed by atoms with van der Waals surface area (Å²) in [5.74, 6) is 0.247. The van der Waals surface area contributed by atoms with Gasteiger partial charge in [0.15, 0.2) is 0 Å². The molecule has 0 atom stereocenters. The van der Waals surface area contributed by atoms with Gasteiger partial charge >= 0.3 is 0 Å². The lowest BCUT2D eigenvalue weighted by molar-refractivity contribution is 0.403. The average molecular weight is 326 g/mol. The van der Waals surface area contributed by atoms with Gasteiger partial charge in [0.25, 0.3) is 10.0 Å². The largest absolute Gasteiger partial charge is 0.495 e. The molecule has 0 amide bonds. The van der Waals surface area contributed by atoms with E-state index in [0.717, 1.165) is 11.1 Å². The molecule has 2 rings (SSSR count). The number of hydrogen-bond acceptors (Lipinski definition) is 3. The first-order valence-electron chi connectivity index (χ1n) is 6.27. The van der Waals surface area contributed by atoms with Crippen LogP contribution in [-0.2, 0) is 10.0 Å². The normalized spacial score (nSPS) is 11.2. The molecule has 0 aliphatic carbocycles. The van der Waals surface area contributed by atoms with Crippen LogP contribution in [0.25, 0.3) is 0 Å². The molecule has 0 fully saturated rings. The van der Waals surface area contributed by atoms with Crippen molar-refractivity contribution in [2.75, 3.05) is 11.8 Å². The van der Waals surface area contributed by atoms with E-state index in [9.17, 15) is 8.42 Å². The Bertz CT molecular complexity index is 772. The summed E-state index contributed by atoms with van der Waals surface area (Å²) in [5.41, 5.74) is 2.35. The topological polar surface area (TPSA) is 55.4 Å². The number of aryl methyl sites for hydroxylation is 2. The highest BCUT2D eigenvalue weighted by atomic mass is 35.5. The van der Waals surface area contributed by atoms with Gasteiger partial charge in [0.1, 0.15) is 10.6 Å². The monoisotopic (exact) mass is 325 g/mol. The smallest absolute Gasteiger partial charge is 0.265 e. The van der Waals surface area contributed by atoms with E-state index in [-0.39, 0.29) is 10.6 Å². The highest BCUT2D eigenvalue weighted by Crippen LogP contribution is 2.29. The number of ether oxygens (including phenoxy) is 1. The first-order chi connectivity index (χ1) is 9.83. The summed E-state index contributed by atoms with van der Waals surface area (Å²) in [5, 5.41) is 0.331. The molecular weight excluding hydrogens is 310 g/mol. The lowest BCUT2D eigenvalue weighted by atomic mass is 10.1. The lowest BCUT2D eigenvalue weighted by Crippen LogP contribution is -2.15. The van der Waals surface area contributed by atoms with Gasteiger partial charge in [0.2, 0.25) is 0 Å². The third kappa shape index (κ3) is 3.49. The second-order valence-corrected chi connectivity index (χ2v) is 6.81. The average Bonchev–Trinajstić information content (AvgIpc) is 2.42. The fourth-order valence-electron chi connectivity index (χ4n) is 1.91. The highest BCUT2D eigenvalue weighted by molar-refractivity contribution is 7.92. The van der Waals surface area contributed by atoms with Gasteiger partial charge < -0.3 is 4.74 Å². The third-order valence-electron chi connectivity index (χ3n) is 3.05. The first-order valence-corrected chi connectivity index (χ1v) is 8.13. The van der Waals surface area contributed by atoms with Crippen molar-refractivity contribution in [3.8, 4) is 5.75 Å². The summed E-state index contributed by atoms with van der Waals surface area (Å²) in [7, 11) is -2.36. The maximum absolute atomic E-state index is 12.5. The van der Waals surface area contributed by atoms with Crippen LogP contribution in [0.2, 0.25) is 5.02 Å². The molecular formula is C15H16ClNO3S. The fraction of sp³-hybridized carbons (Fsp3) is 0.200. The summed E-state index contributed by atoms with van der Waals surface area (Å²) >= 11 is 5.89. The van der Waals surface area contributed by atoms with Crippen LogP contribution in [0.15, 0.2) is 41.3 Å². The zero-order valence-electron chi connectivity index (χ0n) is 12.0. The summed E-state index contributed by atoms with van der Waals surface area (Å²) < 4.78 is 32.8. The van der Waals surface area contributed by atoms with Crippen molar-refractivity contribution < 1.29 is 13.2 Å². The molecule has 0 unspecified atom stereocenters. The minimum absolute atomic E-state index is 0.0124. The van der Waals surface area contributed by atoms with E-state index in [2.05, 4.69) is 4.72 Å². The van der Waals surface area contributed by atoms with Gasteiger partial charge in [-0.3, -0.25) is 4.72 Å². The first kappa shape index (κ1) is 15.7. The SMILES string of the molecule is COc1ccc(Cl)cc1S(=O)(=O)Nc1cc(C)ccc1C. The summed E-state index contributed by atoms with van der Waals surface area (Å²) in [6.45, 7) is 3.74. The van der Waals surface area contributed by atoms with Crippen molar-refractivity contribution in [3.05, 3.63) is 52.5 Å². The predicted molar refractivity (Wildman–Crippen MR) is 84.7 cm³/mol. The molecule has 6 heteroatoms. The third-order valence-corrected chi connectivity index (χ3v) is 4.67. The Balaban J connectivity index is 2.48. The second-order valence-electron chi connectivity index (χ2n) is 4.72. The maximum Gasteiger partial charge on any atom is 0.265 e. The molecule has 21 heavy (non-hydrogen) atoms. The Morgan fingerprint density at radius 3 is 2.48 bits per heavy atom. The van der Waals surface area contributed by atoms with Gasteiger partial charge in [-0.25, -0.2) is 8.42 Å². The van der Waals surface area contributed by atoms with E-state index < -0.39 is 10.0 Å². The Hall–Kier alpha value is -1.72. The Labute approximate surface area is 129 Å². The highest BCUT2D eigenvalue weighted by Gasteiger charge is 2.20. The molecule has 0 saturated heterocycles. The van der Waals surface area contributed by atoms with E-state index in [4.69, 9.17) is 16.3 Å². The quantitative estimate of drug-likeness (QED) is 0.931. The van der Waals surface area contributed by atoms with E-state index in [1.54, 1.807) is 12.1 Å². The molecule has 2 aromatic carbocycles. The Morgan fingerprint density at radius 2 is 1.81 bits per heavy atom. The molecule has 112 valence electrons. The molecule has 0 heterocycles. The maximum atomic E-state index is 12.5. The molecule has 2 aromatic rings. The zero-order valence-corrected chi connectivity index (χ0v) is 13.5. The number of methoxy groups -OCH3 is 1. The van der Waals surface area contributed by atoms with E-state index in [1.165, 1.54) is 19.2 Å². The molecule has 0 bridgehead atoms. The van der Waals surface area contributed by atoms with Crippen molar-refractivity contribution >= 4 is 27.3 Å². The van der Waals surface area contributed by atoms with Gasteiger partial charge in [-0.15, -0.1) is 0 Å². The standard InChI is InChI=1S/C15H16ClNO3S/c1-10-4-5-11(2)13(8-10)17-21(18,19)15-9-12(16)6-7-14(15)20-3/h4-9,17H,1-3H3. The number of benzene rings is 2. The molecule has 0 spiro atoms. The summed E-state index contributed by atoms with van der Waals surface area (Å²) in [6, 6.07) is 10.0. The molecule has 0 radical (unpaired) electrons. The molecule has 0 aliphatic heterocycles. The number of anilines is 1. The number of rotatable bonds is 4. The van der Waals surface area contributed by atoms with Crippen LogP contribution in [0.3, 0.4) is 0 Å².